The minimum absolute atomic E-state index is 0.861. The SMILES string of the molecule is C1CNCC(N(CC2CC2)CC2CC2)C1. The number of piperidine rings is 1. The van der Waals surface area contributed by atoms with Crippen LogP contribution in [0.25, 0.3) is 0 Å². The third-order valence-electron chi connectivity index (χ3n) is 4.17. The van der Waals surface area contributed by atoms with Crippen molar-refractivity contribution < 1.29 is 0 Å². The molecule has 0 amide bonds. The zero-order chi connectivity index (χ0) is 10.1. The summed E-state index contributed by atoms with van der Waals surface area (Å²) >= 11 is 0. The second kappa shape index (κ2) is 4.42. The molecule has 0 aromatic rings. The van der Waals surface area contributed by atoms with E-state index in [2.05, 4.69) is 10.2 Å². The summed E-state index contributed by atoms with van der Waals surface area (Å²) < 4.78 is 0. The molecule has 1 saturated heterocycles. The minimum Gasteiger partial charge on any atom is -0.315 e. The highest BCUT2D eigenvalue weighted by Gasteiger charge is 2.32. The number of hydrogen-bond acceptors (Lipinski definition) is 2. The van der Waals surface area contributed by atoms with Gasteiger partial charge in [-0.05, 0) is 56.9 Å². The Kier molecular flexibility index (Phi) is 2.98. The standard InChI is InChI=1S/C13H24N2/c1-2-13(8-14-7-1)15(9-11-3-4-11)10-12-5-6-12/h11-14H,1-10H2. The highest BCUT2D eigenvalue weighted by atomic mass is 15.2. The molecule has 2 aliphatic carbocycles. The Morgan fingerprint density at radius 3 is 2.07 bits per heavy atom. The van der Waals surface area contributed by atoms with E-state index in [4.69, 9.17) is 0 Å². The highest BCUT2D eigenvalue weighted by molar-refractivity contribution is 4.87. The van der Waals surface area contributed by atoms with Crippen molar-refractivity contribution in [1.82, 2.24) is 10.2 Å². The van der Waals surface area contributed by atoms with Crippen LogP contribution in [0.1, 0.15) is 38.5 Å². The molecule has 0 aromatic heterocycles. The molecule has 0 spiro atoms. The molecule has 2 heteroatoms. The van der Waals surface area contributed by atoms with Crippen LogP contribution in [0.2, 0.25) is 0 Å². The molecule has 3 aliphatic rings. The maximum atomic E-state index is 3.56. The average Bonchev–Trinajstić information content (AvgIpc) is 3.13. The van der Waals surface area contributed by atoms with E-state index in [-0.39, 0.29) is 0 Å². The number of rotatable bonds is 5. The molecule has 2 nitrogen and oxygen atoms in total. The van der Waals surface area contributed by atoms with E-state index in [1.165, 1.54) is 64.7 Å². The maximum absolute atomic E-state index is 3.56. The topological polar surface area (TPSA) is 15.3 Å². The molecule has 1 aliphatic heterocycles. The third kappa shape index (κ3) is 2.94. The summed E-state index contributed by atoms with van der Waals surface area (Å²) in [5.74, 6) is 2.12. The molecule has 86 valence electrons. The van der Waals surface area contributed by atoms with Gasteiger partial charge in [0.2, 0.25) is 0 Å². The van der Waals surface area contributed by atoms with Crippen LogP contribution in [-0.4, -0.2) is 37.1 Å². The van der Waals surface area contributed by atoms with Crippen LogP contribution in [0.15, 0.2) is 0 Å². The van der Waals surface area contributed by atoms with Gasteiger partial charge in [0, 0.05) is 25.7 Å². The average molecular weight is 208 g/mol. The fourth-order valence-corrected chi connectivity index (χ4v) is 2.78. The van der Waals surface area contributed by atoms with E-state index in [1.807, 2.05) is 0 Å². The monoisotopic (exact) mass is 208 g/mol. The number of nitrogens with zero attached hydrogens (tertiary/aromatic N) is 1. The van der Waals surface area contributed by atoms with Crippen LogP contribution in [0.3, 0.4) is 0 Å². The zero-order valence-electron chi connectivity index (χ0n) is 9.75. The molecule has 0 radical (unpaired) electrons. The molecule has 0 bridgehead atoms. The van der Waals surface area contributed by atoms with E-state index in [0.717, 1.165) is 17.9 Å². The molecule has 1 unspecified atom stereocenters. The largest absolute Gasteiger partial charge is 0.315 e. The van der Waals surface area contributed by atoms with Gasteiger partial charge >= 0.3 is 0 Å². The van der Waals surface area contributed by atoms with Crippen molar-refractivity contribution in [2.45, 2.75) is 44.6 Å². The fraction of sp³-hybridized carbons (Fsp3) is 1.00. The predicted molar refractivity (Wildman–Crippen MR) is 62.9 cm³/mol. The quantitative estimate of drug-likeness (QED) is 0.742. The van der Waals surface area contributed by atoms with Crippen LogP contribution in [0.5, 0.6) is 0 Å². The molecule has 3 rings (SSSR count). The normalized spacial score (nSPS) is 32.2. The first-order chi connectivity index (χ1) is 7.42. The van der Waals surface area contributed by atoms with E-state index < -0.39 is 0 Å². The summed E-state index contributed by atoms with van der Waals surface area (Å²) in [5.41, 5.74) is 0. The lowest BCUT2D eigenvalue weighted by molar-refractivity contribution is 0.152. The first-order valence-electron chi connectivity index (χ1n) is 6.86. The third-order valence-corrected chi connectivity index (χ3v) is 4.17. The second-order valence-electron chi connectivity index (χ2n) is 5.84. The molecule has 3 fully saturated rings. The van der Waals surface area contributed by atoms with Gasteiger partial charge in [0.1, 0.15) is 0 Å². The van der Waals surface area contributed by atoms with Gasteiger partial charge in [0.25, 0.3) is 0 Å². The van der Waals surface area contributed by atoms with Gasteiger partial charge in [-0.3, -0.25) is 4.90 Å². The van der Waals surface area contributed by atoms with Crippen LogP contribution < -0.4 is 5.32 Å². The highest BCUT2D eigenvalue weighted by Crippen LogP contribution is 2.35. The zero-order valence-corrected chi connectivity index (χ0v) is 9.75. The summed E-state index contributed by atoms with van der Waals surface area (Å²) in [6.07, 6.45) is 8.83. The molecule has 15 heavy (non-hydrogen) atoms. The first kappa shape index (κ1) is 10.1. The van der Waals surface area contributed by atoms with E-state index >= 15 is 0 Å². The second-order valence-corrected chi connectivity index (χ2v) is 5.84. The predicted octanol–water partition coefficient (Wildman–Crippen LogP) is 1.86. The van der Waals surface area contributed by atoms with E-state index in [1.54, 1.807) is 0 Å². The van der Waals surface area contributed by atoms with E-state index in [0.29, 0.717) is 0 Å². The summed E-state index contributed by atoms with van der Waals surface area (Å²) in [6, 6.07) is 0.861. The van der Waals surface area contributed by atoms with Crippen LogP contribution >= 0.6 is 0 Å². The maximum Gasteiger partial charge on any atom is 0.0221 e. The molecular formula is C13H24N2. The minimum atomic E-state index is 0.861. The Labute approximate surface area is 93.4 Å². The summed E-state index contributed by atoms with van der Waals surface area (Å²) in [4.78, 5) is 2.82. The Bertz CT molecular complexity index is 189. The molecule has 1 atom stereocenters. The fourth-order valence-electron chi connectivity index (χ4n) is 2.78. The van der Waals surface area contributed by atoms with Crippen molar-refractivity contribution >= 4 is 0 Å². The van der Waals surface area contributed by atoms with Crippen molar-refractivity contribution in [3.8, 4) is 0 Å². The van der Waals surface area contributed by atoms with Crippen LogP contribution in [0, 0.1) is 11.8 Å². The van der Waals surface area contributed by atoms with Gasteiger partial charge in [-0.25, -0.2) is 0 Å². The van der Waals surface area contributed by atoms with Crippen molar-refractivity contribution in [3.05, 3.63) is 0 Å². The van der Waals surface area contributed by atoms with E-state index in [9.17, 15) is 0 Å². The molecular weight excluding hydrogens is 184 g/mol. The van der Waals surface area contributed by atoms with Gasteiger partial charge in [-0.15, -0.1) is 0 Å². The first-order valence-corrected chi connectivity index (χ1v) is 6.86. The summed E-state index contributed by atoms with van der Waals surface area (Å²) in [7, 11) is 0. The van der Waals surface area contributed by atoms with Crippen LogP contribution in [-0.2, 0) is 0 Å². The van der Waals surface area contributed by atoms with Gasteiger partial charge < -0.3 is 5.32 Å². The van der Waals surface area contributed by atoms with Gasteiger partial charge in [0.05, 0.1) is 0 Å². The number of hydrogen-bond donors (Lipinski definition) is 1. The van der Waals surface area contributed by atoms with Gasteiger partial charge in [-0.1, -0.05) is 0 Å². The summed E-state index contributed by atoms with van der Waals surface area (Å²) in [5, 5.41) is 3.56. The smallest absolute Gasteiger partial charge is 0.0221 e. The van der Waals surface area contributed by atoms with Crippen molar-refractivity contribution in [2.24, 2.45) is 11.8 Å². The molecule has 1 heterocycles. The van der Waals surface area contributed by atoms with Crippen molar-refractivity contribution in [1.29, 1.82) is 0 Å². The van der Waals surface area contributed by atoms with Gasteiger partial charge in [0.15, 0.2) is 0 Å². The van der Waals surface area contributed by atoms with Gasteiger partial charge in [-0.2, -0.15) is 0 Å². The van der Waals surface area contributed by atoms with Crippen molar-refractivity contribution in [3.63, 3.8) is 0 Å². The number of nitrogens with one attached hydrogen (secondary N) is 1. The molecule has 2 saturated carbocycles. The lowest BCUT2D eigenvalue weighted by Crippen LogP contribution is -2.47. The Hall–Kier alpha value is -0.0800. The molecule has 1 N–H and O–H groups in total. The molecule has 0 aromatic carbocycles. The van der Waals surface area contributed by atoms with Crippen molar-refractivity contribution in [2.75, 3.05) is 26.2 Å². The Morgan fingerprint density at radius 2 is 1.60 bits per heavy atom. The lowest BCUT2D eigenvalue weighted by atomic mass is 10.0. The summed E-state index contributed by atoms with van der Waals surface area (Å²) in [6.45, 7) is 5.31. The van der Waals surface area contributed by atoms with Crippen LogP contribution in [0.4, 0.5) is 0 Å². The lowest BCUT2D eigenvalue weighted by Gasteiger charge is -2.35. The Morgan fingerprint density at radius 1 is 0.933 bits per heavy atom. The Balaban J connectivity index is 1.53.